The molecule has 0 saturated carbocycles. The van der Waals surface area contributed by atoms with E-state index in [1.54, 1.807) is 0 Å². The first-order chi connectivity index (χ1) is 10.1. The van der Waals surface area contributed by atoms with E-state index in [1.165, 1.54) is 5.56 Å². The number of likely N-dealkylation sites (N-methyl/N-ethyl adjacent to an activating group) is 1. The molecule has 2 rings (SSSR count). The van der Waals surface area contributed by atoms with Crippen LogP contribution in [0.25, 0.3) is 0 Å². The van der Waals surface area contributed by atoms with Crippen molar-refractivity contribution in [3.05, 3.63) is 34.3 Å². The molecule has 21 heavy (non-hydrogen) atoms. The van der Waals surface area contributed by atoms with Crippen LogP contribution in [-0.2, 0) is 17.8 Å². The van der Waals surface area contributed by atoms with Gasteiger partial charge in [0.05, 0.1) is 6.54 Å². The lowest BCUT2D eigenvalue weighted by molar-refractivity contribution is -0.132. The van der Waals surface area contributed by atoms with Crippen LogP contribution in [-0.4, -0.2) is 55.5 Å². The molecule has 1 aromatic carbocycles. The summed E-state index contributed by atoms with van der Waals surface area (Å²) < 4.78 is 0. The number of carbonyl (C=O) groups is 1. The van der Waals surface area contributed by atoms with E-state index in [9.17, 15) is 4.79 Å². The van der Waals surface area contributed by atoms with Gasteiger partial charge in [0.2, 0.25) is 5.91 Å². The number of amides is 1. The fourth-order valence-corrected chi connectivity index (χ4v) is 2.94. The van der Waals surface area contributed by atoms with Crippen LogP contribution >= 0.6 is 11.6 Å². The summed E-state index contributed by atoms with van der Waals surface area (Å²) in [5, 5.41) is 4.05. The molecule has 0 radical (unpaired) electrons. The molecule has 116 valence electrons. The summed E-state index contributed by atoms with van der Waals surface area (Å²) in [6, 6.07) is 6.01. The van der Waals surface area contributed by atoms with Crippen LogP contribution in [0.4, 0.5) is 0 Å². The van der Waals surface area contributed by atoms with Crippen molar-refractivity contribution in [3.63, 3.8) is 0 Å². The van der Waals surface area contributed by atoms with Gasteiger partial charge in [0.1, 0.15) is 0 Å². The number of hydrogen-bond donors (Lipinski definition) is 1. The number of rotatable bonds is 5. The highest BCUT2D eigenvalue weighted by molar-refractivity contribution is 6.31. The van der Waals surface area contributed by atoms with Gasteiger partial charge in [0, 0.05) is 37.7 Å². The fourth-order valence-electron chi connectivity index (χ4n) is 2.68. The number of halogens is 1. The van der Waals surface area contributed by atoms with Crippen LogP contribution in [0.15, 0.2) is 18.2 Å². The number of piperazine rings is 1. The molecule has 0 atom stereocenters. The number of benzene rings is 1. The Hall–Kier alpha value is -1.10. The molecule has 0 bridgehead atoms. The Bertz CT molecular complexity index is 486. The number of hydrogen-bond acceptors (Lipinski definition) is 3. The van der Waals surface area contributed by atoms with E-state index < -0.39 is 0 Å². The third-order valence-electron chi connectivity index (χ3n) is 3.90. The van der Waals surface area contributed by atoms with E-state index in [0.29, 0.717) is 13.1 Å². The van der Waals surface area contributed by atoms with Crippen LogP contribution in [0, 0.1) is 0 Å². The number of aryl methyl sites for hydroxylation is 1. The maximum atomic E-state index is 12.3. The Kier molecular flexibility index (Phi) is 6.03. The highest BCUT2D eigenvalue weighted by Crippen LogP contribution is 2.22. The van der Waals surface area contributed by atoms with Crippen molar-refractivity contribution in [2.75, 3.05) is 39.8 Å². The molecule has 1 saturated heterocycles. The minimum absolute atomic E-state index is 0.198. The molecule has 0 spiro atoms. The van der Waals surface area contributed by atoms with Gasteiger partial charge in [-0.25, -0.2) is 0 Å². The zero-order valence-corrected chi connectivity index (χ0v) is 13.6. The maximum absolute atomic E-state index is 12.3. The second-order valence-corrected chi connectivity index (χ2v) is 5.94. The van der Waals surface area contributed by atoms with Crippen molar-refractivity contribution in [1.82, 2.24) is 15.1 Å². The predicted molar refractivity (Wildman–Crippen MR) is 86.6 cm³/mol. The topological polar surface area (TPSA) is 35.6 Å². The lowest BCUT2D eigenvalue weighted by Crippen LogP contribution is -2.49. The van der Waals surface area contributed by atoms with Gasteiger partial charge in [0.25, 0.3) is 0 Å². The van der Waals surface area contributed by atoms with Gasteiger partial charge in [-0.05, 0) is 30.7 Å². The van der Waals surface area contributed by atoms with Gasteiger partial charge in [-0.2, -0.15) is 0 Å². The summed E-state index contributed by atoms with van der Waals surface area (Å²) >= 11 is 6.31. The van der Waals surface area contributed by atoms with Gasteiger partial charge < -0.3 is 10.2 Å². The third kappa shape index (κ3) is 4.43. The molecular formula is C16H24ClN3O. The molecule has 0 aromatic heterocycles. The van der Waals surface area contributed by atoms with E-state index in [2.05, 4.69) is 18.3 Å². The van der Waals surface area contributed by atoms with E-state index in [-0.39, 0.29) is 5.91 Å². The van der Waals surface area contributed by atoms with Gasteiger partial charge in [-0.15, -0.1) is 0 Å². The second kappa shape index (κ2) is 7.78. The quantitative estimate of drug-likeness (QED) is 0.900. The van der Waals surface area contributed by atoms with E-state index in [1.807, 2.05) is 29.0 Å². The van der Waals surface area contributed by atoms with E-state index >= 15 is 0 Å². The Morgan fingerprint density at radius 3 is 2.76 bits per heavy atom. The second-order valence-electron chi connectivity index (χ2n) is 5.53. The van der Waals surface area contributed by atoms with Gasteiger partial charge in [-0.1, -0.05) is 30.7 Å². The highest BCUT2D eigenvalue weighted by Gasteiger charge is 2.18. The molecule has 5 heteroatoms. The average molecular weight is 310 g/mol. The summed E-state index contributed by atoms with van der Waals surface area (Å²) in [6.07, 6.45) is 0.954. The Balaban J connectivity index is 1.95. The Morgan fingerprint density at radius 1 is 1.38 bits per heavy atom. The number of nitrogens with zero attached hydrogens (tertiary/aromatic N) is 2. The van der Waals surface area contributed by atoms with Crippen molar-refractivity contribution in [3.8, 4) is 0 Å². The molecule has 1 aliphatic heterocycles. The molecule has 1 aromatic rings. The fraction of sp³-hybridized carbons (Fsp3) is 0.562. The average Bonchev–Trinajstić information content (AvgIpc) is 2.50. The molecule has 1 N–H and O–H groups in total. The van der Waals surface area contributed by atoms with Gasteiger partial charge in [0.15, 0.2) is 0 Å². The Labute approximate surface area is 132 Å². The molecule has 1 aliphatic rings. The van der Waals surface area contributed by atoms with Gasteiger partial charge >= 0.3 is 0 Å². The minimum atomic E-state index is 0.198. The third-order valence-corrected chi connectivity index (χ3v) is 4.25. The van der Waals surface area contributed by atoms with Crippen LogP contribution in [0.2, 0.25) is 5.02 Å². The highest BCUT2D eigenvalue weighted by atomic mass is 35.5. The smallest absolute Gasteiger partial charge is 0.236 e. The molecule has 0 unspecified atom stereocenters. The minimum Gasteiger partial charge on any atom is -0.339 e. The van der Waals surface area contributed by atoms with Crippen LogP contribution in [0.3, 0.4) is 0 Å². The number of carbonyl (C=O) groups excluding carboxylic acids is 1. The zero-order chi connectivity index (χ0) is 15.2. The predicted octanol–water partition coefficient (Wildman–Crippen LogP) is 1.77. The number of nitrogens with one attached hydrogen (secondary N) is 1. The first-order valence-electron chi connectivity index (χ1n) is 7.55. The maximum Gasteiger partial charge on any atom is 0.236 e. The summed E-state index contributed by atoms with van der Waals surface area (Å²) in [6.45, 7) is 6.66. The van der Waals surface area contributed by atoms with Crippen molar-refractivity contribution in [2.45, 2.75) is 19.9 Å². The standard InChI is InChI=1S/C16H24ClN3O/c1-3-13-5-4-6-15(17)14(13)11-19(2)12-16(21)20-9-7-18-8-10-20/h4-6,18H,3,7-12H2,1-2H3. The summed E-state index contributed by atoms with van der Waals surface area (Å²) in [5.41, 5.74) is 2.39. The lowest BCUT2D eigenvalue weighted by Gasteiger charge is -2.29. The van der Waals surface area contributed by atoms with Crippen molar-refractivity contribution in [2.24, 2.45) is 0 Å². The van der Waals surface area contributed by atoms with E-state index in [4.69, 9.17) is 11.6 Å². The van der Waals surface area contributed by atoms with Crippen LogP contribution in [0.1, 0.15) is 18.1 Å². The lowest BCUT2D eigenvalue weighted by atomic mass is 10.0. The monoisotopic (exact) mass is 309 g/mol. The normalized spacial score (nSPS) is 15.5. The Morgan fingerprint density at radius 2 is 2.10 bits per heavy atom. The first-order valence-corrected chi connectivity index (χ1v) is 7.93. The van der Waals surface area contributed by atoms with Crippen molar-refractivity contribution < 1.29 is 4.79 Å². The summed E-state index contributed by atoms with van der Waals surface area (Å²) in [4.78, 5) is 16.2. The molecular weight excluding hydrogens is 286 g/mol. The van der Waals surface area contributed by atoms with Gasteiger partial charge in [-0.3, -0.25) is 9.69 Å². The molecule has 1 amide bonds. The largest absolute Gasteiger partial charge is 0.339 e. The van der Waals surface area contributed by atoms with E-state index in [0.717, 1.165) is 43.2 Å². The summed E-state index contributed by atoms with van der Waals surface area (Å²) in [7, 11) is 1.98. The molecule has 0 aliphatic carbocycles. The molecule has 4 nitrogen and oxygen atoms in total. The van der Waals surface area contributed by atoms with Crippen molar-refractivity contribution >= 4 is 17.5 Å². The van der Waals surface area contributed by atoms with Crippen LogP contribution < -0.4 is 5.32 Å². The zero-order valence-electron chi connectivity index (χ0n) is 12.9. The molecule has 1 heterocycles. The van der Waals surface area contributed by atoms with Crippen molar-refractivity contribution in [1.29, 1.82) is 0 Å². The summed E-state index contributed by atoms with van der Waals surface area (Å²) in [5.74, 6) is 0.198. The SMILES string of the molecule is CCc1cccc(Cl)c1CN(C)CC(=O)N1CCNCC1. The molecule has 1 fully saturated rings. The van der Waals surface area contributed by atoms with Crippen LogP contribution in [0.5, 0.6) is 0 Å². The first kappa shape index (κ1) is 16.3.